The molecule has 4 nitrogen and oxygen atoms in total. The number of fused-ring (bicyclic) bond motifs is 1. The van der Waals surface area contributed by atoms with E-state index in [1.807, 2.05) is 39.0 Å². The van der Waals surface area contributed by atoms with E-state index in [2.05, 4.69) is 5.32 Å². The molecule has 1 saturated heterocycles. The molecule has 0 spiro atoms. The van der Waals surface area contributed by atoms with Gasteiger partial charge in [-0.25, -0.2) is 0 Å². The van der Waals surface area contributed by atoms with Gasteiger partial charge in [-0.3, -0.25) is 14.9 Å². The highest BCUT2D eigenvalue weighted by molar-refractivity contribution is 6.02. The number of carbonyl (C=O) groups is 2. The van der Waals surface area contributed by atoms with Crippen LogP contribution in [0, 0.1) is 6.92 Å². The first-order chi connectivity index (χ1) is 9.65. The average Bonchev–Trinajstić information content (AvgIpc) is 2.84. The number of carbonyl (C=O) groups excluding carboxylic acids is 2. The summed E-state index contributed by atoms with van der Waals surface area (Å²) in [7, 11) is 0. The molecule has 0 bridgehead atoms. The second-order valence-corrected chi connectivity index (χ2v) is 4.69. The summed E-state index contributed by atoms with van der Waals surface area (Å²) in [5, 5.41) is 3.33. The molecule has 2 amide bonds. The Hall–Kier alpha value is -2.10. The maximum Gasteiger partial charge on any atom is 0.234 e. The molecule has 4 heteroatoms. The Balaban J connectivity index is 0.000000704. The third kappa shape index (κ3) is 2.59. The van der Waals surface area contributed by atoms with Crippen molar-refractivity contribution in [2.45, 2.75) is 39.5 Å². The van der Waals surface area contributed by atoms with Crippen molar-refractivity contribution >= 4 is 22.8 Å². The summed E-state index contributed by atoms with van der Waals surface area (Å²) in [4.78, 5) is 23.0. The van der Waals surface area contributed by atoms with E-state index in [9.17, 15) is 9.59 Å². The van der Waals surface area contributed by atoms with Crippen molar-refractivity contribution in [2.75, 3.05) is 0 Å². The zero-order valence-corrected chi connectivity index (χ0v) is 12.0. The van der Waals surface area contributed by atoms with Gasteiger partial charge in [0.2, 0.25) is 11.8 Å². The Morgan fingerprint density at radius 2 is 2.00 bits per heavy atom. The number of furan rings is 1. The van der Waals surface area contributed by atoms with Crippen molar-refractivity contribution < 1.29 is 14.0 Å². The molecular formula is C16H19NO3. The highest BCUT2D eigenvalue weighted by Crippen LogP contribution is 2.32. The van der Waals surface area contributed by atoms with Gasteiger partial charge in [-0.2, -0.15) is 0 Å². The summed E-state index contributed by atoms with van der Waals surface area (Å²) in [6.45, 7) is 5.99. The lowest BCUT2D eigenvalue weighted by molar-refractivity contribution is -0.134. The van der Waals surface area contributed by atoms with Crippen molar-refractivity contribution in [2.24, 2.45) is 0 Å². The SMILES string of the molecule is CC.Cc1ccc2c(C3CCC(=O)NC3=O)coc2c1. The van der Waals surface area contributed by atoms with Gasteiger partial charge in [0.05, 0.1) is 12.2 Å². The van der Waals surface area contributed by atoms with Gasteiger partial charge in [0.1, 0.15) is 5.58 Å². The van der Waals surface area contributed by atoms with Crippen LogP contribution >= 0.6 is 0 Å². The van der Waals surface area contributed by atoms with Gasteiger partial charge in [0.15, 0.2) is 0 Å². The summed E-state index contributed by atoms with van der Waals surface area (Å²) in [5.41, 5.74) is 2.77. The molecule has 3 rings (SSSR count). The summed E-state index contributed by atoms with van der Waals surface area (Å²) in [6, 6.07) is 5.91. The van der Waals surface area contributed by atoms with E-state index < -0.39 is 0 Å². The van der Waals surface area contributed by atoms with Crippen LogP contribution in [0.1, 0.15) is 43.7 Å². The summed E-state index contributed by atoms with van der Waals surface area (Å²) in [6.07, 6.45) is 2.56. The topological polar surface area (TPSA) is 59.3 Å². The molecule has 2 heterocycles. The van der Waals surface area contributed by atoms with Crippen LogP contribution in [-0.4, -0.2) is 11.8 Å². The Morgan fingerprint density at radius 3 is 2.70 bits per heavy atom. The molecule has 2 aromatic rings. The van der Waals surface area contributed by atoms with Crippen molar-refractivity contribution in [1.82, 2.24) is 5.32 Å². The third-order valence-corrected chi connectivity index (χ3v) is 3.38. The van der Waals surface area contributed by atoms with Crippen LogP contribution < -0.4 is 5.32 Å². The summed E-state index contributed by atoms with van der Waals surface area (Å²) >= 11 is 0. The predicted octanol–water partition coefficient (Wildman–Crippen LogP) is 3.29. The Morgan fingerprint density at radius 1 is 1.25 bits per heavy atom. The number of rotatable bonds is 1. The Labute approximate surface area is 118 Å². The highest BCUT2D eigenvalue weighted by atomic mass is 16.3. The first kappa shape index (κ1) is 14.3. The van der Waals surface area contributed by atoms with Crippen molar-refractivity contribution in [3.8, 4) is 0 Å². The molecule has 0 aliphatic carbocycles. The van der Waals surface area contributed by atoms with E-state index >= 15 is 0 Å². The minimum absolute atomic E-state index is 0.195. The van der Waals surface area contributed by atoms with Gasteiger partial charge in [0, 0.05) is 17.4 Å². The number of imide groups is 1. The highest BCUT2D eigenvalue weighted by Gasteiger charge is 2.30. The van der Waals surface area contributed by atoms with Gasteiger partial charge in [-0.15, -0.1) is 0 Å². The molecular weight excluding hydrogens is 254 g/mol. The Bertz CT molecular complexity index is 642. The van der Waals surface area contributed by atoms with Crippen LogP contribution in [0.4, 0.5) is 0 Å². The van der Waals surface area contributed by atoms with Crippen LogP contribution in [-0.2, 0) is 9.59 Å². The molecule has 0 saturated carbocycles. The molecule has 1 aliphatic heterocycles. The monoisotopic (exact) mass is 273 g/mol. The molecule has 106 valence electrons. The van der Waals surface area contributed by atoms with Gasteiger partial charge >= 0.3 is 0 Å². The fourth-order valence-corrected chi connectivity index (χ4v) is 2.42. The number of aryl methyl sites for hydroxylation is 1. The van der Waals surface area contributed by atoms with E-state index in [-0.39, 0.29) is 17.7 Å². The van der Waals surface area contributed by atoms with Crippen LogP contribution in [0.3, 0.4) is 0 Å². The molecule has 1 aromatic heterocycles. The van der Waals surface area contributed by atoms with Gasteiger partial charge in [-0.05, 0) is 25.0 Å². The minimum Gasteiger partial charge on any atom is -0.464 e. The van der Waals surface area contributed by atoms with Gasteiger partial charge in [-0.1, -0.05) is 26.0 Å². The number of hydrogen-bond donors (Lipinski definition) is 1. The summed E-state index contributed by atoms with van der Waals surface area (Å²) < 4.78 is 5.49. The number of hydrogen-bond acceptors (Lipinski definition) is 3. The number of nitrogens with one attached hydrogen (secondary N) is 1. The van der Waals surface area contributed by atoms with Crippen molar-refractivity contribution in [3.05, 3.63) is 35.6 Å². The number of amides is 2. The molecule has 1 unspecified atom stereocenters. The molecule has 0 radical (unpaired) electrons. The molecule has 1 N–H and O–H groups in total. The molecule has 1 fully saturated rings. The van der Waals surface area contributed by atoms with E-state index in [4.69, 9.17) is 4.42 Å². The van der Waals surface area contributed by atoms with Crippen LogP contribution in [0.15, 0.2) is 28.9 Å². The van der Waals surface area contributed by atoms with Crippen LogP contribution in [0.25, 0.3) is 11.0 Å². The molecule has 1 atom stereocenters. The lowest BCUT2D eigenvalue weighted by Gasteiger charge is -2.19. The number of benzene rings is 1. The first-order valence-electron chi connectivity index (χ1n) is 6.96. The van der Waals surface area contributed by atoms with E-state index in [0.29, 0.717) is 12.8 Å². The standard InChI is InChI=1S/C14H13NO3.C2H6/c1-8-2-3-9-11(7-18-12(9)6-8)10-4-5-13(16)15-14(10)17;1-2/h2-3,6-7,10H,4-5H2,1H3,(H,15,16,17);1-2H3. The van der Waals surface area contributed by atoms with E-state index in [1.165, 1.54) is 0 Å². The maximum atomic E-state index is 11.8. The predicted molar refractivity (Wildman–Crippen MR) is 77.4 cm³/mol. The zero-order chi connectivity index (χ0) is 14.7. The number of piperidine rings is 1. The van der Waals surface area contributed by atoms with Crippen LogP contribution in [0.5, 0.6) is 0 Å². The first-order valence-corrected chi connectivity index (χ1v) is 6.96. The van der Waals surface area contributed by atoms with Gasteiger partial charge < -0.3 is 4.42 Å². The quantitative estimate of drug-likeness (QED) is 0.811. The largest absolute Gasteiger partial charge is 0.464 e. The van der Waals surface area contributed by atoms with E-state index in [1.54, 1.807) is 6.26 Å². The zero-order valence-electron chi connectivity index (χ0n) is 12.0. The van der Waals surface area contributed by atoms with Crippen molar-refractivity contribution in [3.63, 3.8) is 0 Å². The van der Waals surface area contributed by atoms with Crippen LogP contribution in [0.2, 0.25) is 0 Å². The fourth-order valence-electron chi connectivity index (χ4n) is 2.42. The minimum atomic E-state index is -0.286. The summed E-state index contributed by atoms with van der Waals surface area (Å²) in [5.74, 6) is -0.707. The lowest BCUT2D eigenvalue weighted by Crippen LogP contribution is -2.39. The third-order valence-electron chi connectivity index (χ3n) is 3.38. The molecule has 1 aromatic carbocycles. The fraction of sp³-hybridized carbons (Fsp3) is 0.375. The second kappa shape index (κ2) is 5.90. The smallest absolute Gasteiger partial charge is 0.234 e. The lowest BCUT2D eigenvalue weighted by atomic mass is 9.90. The molecule has 1 aliphatic rings. The van der Waals surface area contributed by atoms with Gasteiger partial charge in [0.25, 0.3) is 0 Å². The Kier molecular flexibility index (Phi) is 4.23. The average molecular weight is 273 g/mol. The second-order valence-electron chi connectivity index (χ2n) is 4.69. The normalized spacial score (nSPS) is 18.4. The van der Waals surface area contributed by atoms with Crippen molar-refractivity contribution in [1.29, 1.82) is 0 Å². The maximum absolute atomic E-state index is 11.8. The molecule has 20 heavy (non-hydrogen) atoms. The van der Waals surface area contributed by atoms with E-state index in [0.717, 1.165) is 22.1 Å².